The van der Waals surface area contributed by atoms with E-state index in [1.807, 2.05) is 0 Å². The van der Waals surface area contributed by atoms with Gasteiger partial charge in [0.2, 0.25) is 5.91 Å². The lowest BCUT2D eigenvalue weighted by Crippen LogP contribution is -2.47. The van der Waals surface area contributed by atoms with Crippen molar-refractivity contribution in [3.05, 3.63) is 48.7 Å². The first-order valence-corrected chi connectivity index (χ1v) is 11.9. The number of hydrogen-bond acceptors (Lipinski definition) is 6. The Labute approximate surface area is 223 Å². The van der Waals surface area contributed by atoms with E-state index in [0.717, 1.165) is 16.7 Å². The number of halogens is 3. The molecule has 0 unspecified atom stereocenters. The lowest BCUT2D eigenvalue weighted by Gasteiger charge is -2.27. The van der Waals surface area contributed by atoms with Gasteiger partial charge in [-0.25, -0.2) is 14.4 Å². The minimum absolute atomic E-state index is 0.0677. The Morgan fingerprint density at radius 1 is 1.05 bits per heavy atom. The molecule has 1 aliphatic heterocycles. The van der Waals surface area contributed by atoms with Crippen molar-refractivity contribution in [3.63, 3.8) is 0 Å². The average Bonchev–Trinajstić information content (AvgIpc) is 3.37. The Hall–Kier alpha value is -4.95. The number of carbonyl (C=O) groups excluding carboxylic acids is 3. The molecule has 2 heterocycles. The summed E-state index contributed by atoms with van der Waals surface area (Å²) in [5.74, 6) is -2.01. The second kappa shape index (κ2) is 9.98. The topological polar surface area (TPSA) is 165 Å². The molecule has 5 N–H and O–H groups in total. The number of ether oxygens (including phenoxy) is 2. The lowest BCUT2D eigenvalue weighted by atomic mass is 10.1. The van der Waals surface area contributed by atoms with Crippen LogP contribution in [0.1, 0.15) is 12.8 Å². The minimum atomic E-state index is -4.89. The van der Waals surface area contributed by atoms with Crippen LogP contribution in [0.5, 0.6) is 11.5 Å². The van der Waals surface area contributed by atoms with E-state index in [-0.39, 0.29) is 34.6 Å². The van der Waals surface area contributed by atoms with E-state index in [9.17, 15) is 32.3 Å². The number of urea groups is 1. The van der Waals surface area contributed by atoms with Gasteiger partial charge in [0.1, 0.15) is 17.5 Å². The van der Waals surface area contributed by atoms with E-state index < -0.39 is 48.7 Å². The predicted molar refractivity (Wildman–Crippen MR) is 133 cm³/mol. The molecule has 1 saturated carbocycles. The fourth-order valence-electron chi connectivity index (χ4n) is 4.88. The van der Waals surface area contributed by atoms with Crippen molar-refractivity contribution in [1.29, 1.82) is 0 Å². The van der Waals surface area contributed by atoms with Gasteiger partial charge in [-0.05, 0) is 43.0 Å². The molecule has 2 fully saturated rings. The number of hydrogen-bond donors (Lipinski definition) is 4. The average molecular weight is 561 g/mol. The van der Waals surface area contributed by atoms with Crippen LogP contribution in [0.3, 0.4) is 0 Å². The van der Waals surface area contributed by atoms with Gasteiger partial charge >= 0.3 is 24.4 Å². The summed E-state index contributed by atoms with van der Waals surface area (Å²) in [6, 6.07) is 6.63. The number of nitrogens with one attached hydrogen (secondary N) is 2. The van der Waals surface area contributed by atoms with Crippen LogP contribution in [-0.2, 0) is 9.59 Å². The zero-order chi connectivity index (χ0) is 28.8. The first-order chi connectivity index (χ1) is 18.9. The minimum Gasteiger partial charge on any atom is -0.482 e. The molecule has 40 heavy (non-hydrogen) atoms. The summed E-state index contributed by atoms with van der Waals surface area (Å²) in [5, 5.41) is 14.5. The Kier molecular flexibility index (Phi) is 6.65. The standard InChI is InChI=1S/C25H22F3N5O7/c26-25(27,28)40-15-3-1-2-13(8-15)30-22(36)20-7-12-6-18(12)33(20)24(38)31-17-10-32(23(29)37)19-9-14(4-5-16(17)19)39-11-21(34)35/h1-5,8-10,12,18,20H,6-7,11H2,(H2,29,37)(H,30,36)(H,31,38)(H,34,35)/t12-,18-,20+/m1/s1. The summed E-state index contributed by atoms with van der Waals surface area (Å²) < 4.78 is 47.8. The highest BCUT2D eigenvalue weighted by molar-refractivity contribution is 6.06. The molecular formula is C25H22F3N5O7. The van der Waals surface area contributed by atoms with Crippen LogP contribution in [0.2, 0.25) is 0 Å². The van der Waals surface area contributed by atoms with Crippen LogP contribution in [0, 0.1) is 5.92 Å². The molecule has 0 radical (unpaired) electrons. The Balaban J connectivity index is 1.34. The van der Waals surface area contributed by atoms with E-state index in [0.29, 0.717) is 18.2 Å². The molecule has 12 nitrogen and oxygen atoms in total. The molecule has 2 aliphatic rings. The van der Waals surface area contributed by atoms with Crippen molar-refractivity contribution in [2.75, 3.05) is 17.2 Å². The van der Waals surface area contributed by atoms with Gasteiger partial charge in [0.25, 0.3) is 0 Å². The summed E-state index contributed by atoms with van der Waals surface area (Å²) in [6.45, 7) is -0.604. The number of carbonyl (C=O) groups is 4. The molecule has 3 aromatic rings. The number of carboxylic acid groups (broad SMARTS) is 1. The highest BCUT2D eigenvalue weighted by Crippen LogP contribution is 2.48. The Morgan fingerprint density at radius 2 is 1.82 bits per heavy atom. The van der Waals surface area contributed by atoms with Gasteiger partial charge < -0.3 is 35.8 Å². The fourth-order valence-corrected chi connectivity index (χ4v) is 4.88. The van der Waals surface area contributed by atoms with Crippen LogP contribution < -0.4 is 25.8 Å². The number of nitrogens with zero attached hydrogens (tertiary/aromatic N) is 2. The van der Waals surface area contributed by atoms with Gasteiger partial charge in [-0.3, -0.25) is 9.36 Å². The van der Waals surface area contributed by atoms with Crippen LogP contribution in [0.15, 0.2) is 48.7 Å². The normalized spacial score (nSPS) is 19.6. The molecule has 2 aromatic carbocycles. The van der Waals surface area contributed by atoms with Crippen molar-refractivity contribution >= 4 is 46.2 Å². The number of aromatic nitrogens is 1. The number of alkyl halides is 3. The van der Waals surface area contributed by atoms with Crippen molar-refractivity contribution in [2.45, 2.75) is 31.3 Å². The number of amides is 4. The van der Waals surface area contributed by atoms with Gasteiger partial charge in [0, 0.05) is 35.4 Å². The number of likely N-dealkylation sites (tertiary alicyclic amines) is 1. The summed E-state index contributed by atoms with van der Waals surface area (Å²) in [5.41, 5.74) is 6.00. The predicted octanol–water partition coefficient (Wildman–Crippen LogP) is 3.56. The highest BCUT2D eigenvalue weighted by Gasteiger charge is 2.56. The van der Waals surface area contributed by atoms with Crippen molar-refractivity contribution < 1.29 is 46.9 Å². The van der Waals surface area contributed by atoms with Crippen LogP contribution >= 0.6 is 0 Å². The molecular weight excluding hydrogens is 539 g/mol. The second-order valence-corrected chi connectivity index (χ2v) is 9.33. The monoisotopic (exact) mass is 561 g/mol. The maximum Gasteiger partial charge on any atom is 0.573 e. The number of rotatable bonds is 7. The third-order valence-corrected chi connectivity index (χ3v) is 6.60. The van der Waals surface area contributed by atoms with E-state index in [2.05, 4.69) is 15.4 Å². The molecule has 0 spiro atoms. The van der Waals surface area contributed by atoms with Gasteiger partial charge in [-0.1, -0.05) is 6.07 Å². The largest absolute Gasteiger partial charge is 0.573 e. The summed E-state index contributed by atoms with van der Waals surface area (Å²) in [4.78, 5) is 50.7. The van der Waals surface area contributed by atoms with Gasteiger partial charge in [0.05, 0.1) is 11.2 Å². The molecule has 1 saturated heterocycles. The van der Waals surface area contributed by atoms with Gasteiger partial charge in [-0.2, -0.15) is 0 Å². The van der Waals surface area contributed by atoms with Crippen LogP contribution in [0.25, 0.3) is 10.9 Å². The van der Waals surface area contributed by atoms with Gasteiger partial charge in [-0.15, -0.1) is 13.2 Å². The van der Waals surface area contributed by atoms with Crippen molar-refractivity contribution in [3.8, 4) is 11.5 Å². The fraction of sp³-hybridized carbons (Fsp3) is 0.280. The number of aliphatic carboxylic acids is 1. The summed E-state index contributed by atoms with van der Waals surface area (Å²) in [6.07, 6.45) is -2.53. The number of benzene rings is 2. The third kappa shape index (κ3) is 5.57. The van der Waals surface area contributed by atoms with Crippen molar-refractivity contribution in [1.82, 2.24) is 9.47 Å². The van der Waals surface area contributed by atoms with E-state index in [1.165, 1.54) is 41.4 Å². The number of piperidine rings is 1. The van der Waals surface area contributed by atoms with Crippen LogP contribution in [0.4, 0.5) is 34.1 Å². The number of nitrogens with two attached hydrogens (primary N) is 1. The number of anilines is 2. The summed E-state index contributed by atoms with van der Waals surface area (Å²) in [7, 11) is 0. The Bertz CT molecular complexity index is 1520. The van der Waals surface area contributed by atoms with E-state index in [1.54, 1.807) is 0 Å². The quantitative estimate of drug-likeness (QED) is 0.342. The Morgan fingerprint density at radius 3 is 2.52 bits per heavy atom. The van der Waals surface area contributed by atoms with Gasteiger partial charge in [0.15, 0.2) is 6.61 Å². The lowest BCUT2D eigenvalue weighted by molar-refractivity contribution is -0.274. The SMILES string of the molecule is NC(=O)n1cc(NC(=O)N2[C@@H]3C[C@@H]3C[C@H]2C(=O)Nc2cccc(OC(F)(F)F)c2)c2ccc(OCC(=O)O)cc21. The molecule has 4 amide bonds. The van der Waals surface area contributed by atoms with E-state index in [4.69, 9.17) is 15.6 Å². The summed E-state index contributed by atoms with van der Waals surface area (Å²) >= 11 is 0. The smallest absolute Gasteiger partial charge is 0.482 e. The highest BCUT2D eigenvalue weighted by atomic mass is 19.4. The zero-order valence-electron chi connectivity index (χ0n) is 20.5. The second-order valence-electron chi connectivity index (χ2n) is 9.33. The number of carboxylic acids is 1. The molecule has 0 bridgehead atoms. The van der Waals surface area contributed by atoms with E-state index >= 15 is 0 Å². The zero-order valence-corrected chi connectivity index (χ0v) is 20.5. The maximum atomic E-state index is 13.4. The molecule has 1 aromatic heterocycles. The van der Waals surface area contributed by atoms with Crippen LogP contribution in [-0.4, -0.2) is 63.6 Å². The number of primary amides is 1. The maximum absolute atomic E-state index is 13.4. The number of fused-ring (bicyclic) bond motifs is 2. The third-order valence-electron chi connectivity index (χ3n) is 6.60. The molecule has 3 atom stereocenters. The molecule has 5 rings (SSSR count). The first kappa shape index (κ1) is 26.6. The van der Waals surface area contributed by atoms with Crippen molar-refractivity contribution in [2.24, 2.45) is 11.7 Å². The molecule has 15 heteroatoms. The molecule has 1 aliphatic carbocycles. The first-order valence-electron chi connectivity index (χ1n) is 11.9. The molecule has 210 valence electrons.